The third-order valence-corrected chi connectivity index (χ3v) is 9.63. The number of imide groups is 1. The zero-order chi connectivity index (χ0) is 16.5. The minimum atomic E-state index is -1.83. The molecule has 1 aliphatic rings. The van der Waals surface area contributed by atoms with Crippen molar-refractivity contribution >= 4 is 31.2 Å². The van der Waals surface area contributed by atoms with Gasteiger partial charge >= 0.3 is 0 Å². The molecule has 1 aliphatic heterocycles. The van der Waals surface area contributed by atoms with Crippen molar-refractivity contribution in [3.63, 3.8) is 0 Å². The van der Waals surface area contributed by atoms with Gasteiger partial charge in [0.05, 0.1) is 5.25 Å². The summed E-state index contributed by atoms with van der Waals surface area (Å²) < 4.78 is 6.23. The van der Waals surface area contributed by atoms with Crippen molar-refractivity contribution in [2.45, 2.75) is 50.6 Å². The normalized spacial score (nSPS) is 19.2. The van der Waals surface area contributed by atoms with E-state index in [2.05, 4.69) is 39.2 Å². The molecule has 1 fully saturated rings. The summed E-state index contributed by atoms with van der Waals surface area (Å²) in [6.07, 6.45) is 0.558. The molecule has 0 spiro atoms. The zero-order valence-electron chi connectivity index (χ0n) is 13.7. The molecular formula is C16H23NO3SSi. The van der Waals surface area contributed by atoms with Gasteiger partial charge in [-0.1, -0.05) is 44.7 Å². The molecule has 1 aromatic rings. The van der Waals surface area contributed by atoms with Crippen LogP contribution < -0.4 is 9.74 Å². The molecule has 120 valence electrons. The summed E-state index contributed by atoms with van der Waals surface area (Å²) in [5.74, 6) is 0.673. The number of amides is 2. The van der Waals surface area contributed by atoms with Crippen molar-refractivity contribution in [2.75, 3.05) is 0 Å². The van der Waals surface area contributed by atoms with E-state index in [0.29, 0.717) is 6.42 Å². The molecule has 6 heteroatoms. The van der Waals surface area contributed by atoms with Crippen LogP contribution >= 0.6 is 11.8 Å². The van der Waals surface area contributed by atoms with Crippen LogP contribution in [0.4, 0.5) is 4.79 Å². The van der Waals surface area contributed by atoms with E-state index < -0.39 is 8.32 Å². The van der Waals surface area contributed by atoms with E-state index in [0.717, 1.165) is 23.1 Å². The zero-order valence-corrected chi connectivity index (χ0v) is 15.5. The Kier molecular flexibility index (Phi) is 4.72. The van der Waals surface area contributed by atoms with E-state index in [4.69, 9.17) is 4.43 Å². The Balaban J connectivity index is 2.02. The minimum Gasteiger partial charge on any atom is -0.544 e. The number of nitrogens with one attached hydrogen (secondary N) is 1. The number of hydrogen-bond donors (Lipinski definition) is 1. The number of carbonyl (C=O) groups excluding carboxylic acids is 2. The van der Waals surface area contributed by atoms with Crippen LogP contribution in [0.2, 0.25) is 18.1 Å². The summed E-state index contributed by atoms with van der Waals surface area (Å²) in [5.41, 5.74) is 1.03. The molecule has 1 atom stereocenters. The Morgan fingerprint density at radius 2 is 1.77 bits per heavy atom. The summed E-state index contributed by atoms with van der Waals surface area (Å²) in [4.78, 5) is 22.8. The number of benzene rings is 1. The van der Waals surface area contributed by atoms with E-state index in [-0.39, 0.29) is 21.4 Å². The molecule has 2 amide bonds. The van der Waals surface area contributed by atoms with Gasteiger partial charge in [0, 0.05) is 0 Å². The number of rotatable bonds is 4. The minimum absolute atomic E-state index is 0.157. The van der Waals surface area contributed by atoms with Gasteiger partial charge in [0.2, 0.25) is 14.2 Å². The molecule has 1 unspecified atom stereocenters. The average Bonchev–Trinajstić information content (AvgIpc) is 2.68. The molecule has 1 aromatic carbocycles. The summed E-state index contributed by atoms with van der Waals surface area (Å²) in [7, 11) is -1.83. The number of carbonyl (C=O) groups is 2. The summed E-state index contributed by atoms with van der Waals surface area (Å²) in [6.45, 7) is 11.1. The maximum atomic E-state index is 11.6. The molecule has 1 saturated heterocycles. The second-order valence-corrected chi connectivity index (χ2v) is 13.0. The summed E-state index contributed by atoms with van der Waals surface area (Å²) >= 11 is 1.06. The van der Waals surface area contributed by atoms with Crippen LogP contribution in [0.25, 0.3) is 0 Å². The quantitative estimate of drug-likeness (QED) is 0.845. The van der Waals surface area contributed by atoms with Crippen LogP contribution in [0.3, 0.4) is 0 Å². The standard InChI is InChI=1S/C16H23NO3SSi/c1-16(2,3)22(4,5)20-12-8-6-11(7-9-12)10-13-14(18)17-15(19)21-13/h6-9,13H,10H2,1-5H3,(H,17,18,19). The number of thioether (sulfide) groups is 1. The van der Waals surface area contributed by atoms with Gasteiger partial charge in [0.15, 0.2) is 0 Å². The van der Waals surface area contributed by atoms with Crippen LogP contribution in [-0.4, -0.2) is 24.7 Å². The van der Waals surface area contributed by atoms with E-state index in [1.807, 2.05) is 24.3 Å². The topological polar surface area (TPSA) is 55.4 Å². The molecule has 0 radical (unpaired) electrons. The van der Waals surface area contributed by atoms with Gasteiger partial charge in [0.1, 0.15) is 5.75 Å². The molecule has 0 aliphatic carbocycles. The third kappa shape index (κ3) is 3.92. The van der Waals surface area contributed by atoms with Crippen LogP contribution in [-0.2, 0) is 11.2 Å². The van der Waals surface area contributed by atoms with E-state index in [9.17, 15) is 9.59 Å². The van der Waals surface area contributed by atoms with Gasteiger partial charge in [-0.15, -0.1) is 0 Å². The molecule has 4 nitrogen and oxygen atoms in total. The van der Waals surface area contributed by atoms with E-state index >= 15 is 0 Å². The van der Waals surface area contributed by atoms with Crippen LogP contribution in [0, 0.1) is 0 Å². The maximum Gasteiger partial charge on any atom is 0.286 e. The molecule has 0 aromatic heterocycles. The molecule has 0 bridgehead atoms. The highest BCUT2D eigenvalue weighted by atomic mass is 32.2. The average molecular weight is 338 g/mol. The highest BCUT2D eigenvalue weighted by molar-refractivity contribution is 8.15. The van der Waals surface area contributed by atoms with Gasteiger partial charge < -0.3 is 4.43 Å². The first-order valence-corrected chi connectivity index (χ1v) is 11.2. The largest absolute Gasteiger partial charge is 0.544 e. The summed E-state index contributed by atoms with van der Waals surface area (Å²) in [6, 6.07) is 7.85. The van der Waals surface area contributed by atoms with Crippen molar-refractivity contribution in [3.8, 4) is 5.75 Å². The first kappa shape index (κ1) is 17.1. The number of hydrogen-bond acceptors (Lipinski definition) is 4. The Morgan fingerprint density at radius 3 is 2.23 bits per heavy atom. The van der Waals surface area contributed by atoms with Crippen molar-refractivity contribution < 1.29 is 14.0 Å². The molecule has 22 heavy (non-hydrogen) atoms. The second kappa shape index (κ2) is 6.08. The van der Waals surface area contributed by atoms with E-state index in [1.165, 1.54) is 0 Å². The van der Waals surface area contributed by atoms with Gasteiger partial charge in [-0.05, 0) is 42.2 Å². The highest BCUT2D eigenvalue weighted by Gasteiger charge is 2.39. The second-order valence-electron chi connectivity index (χ2n) is 7.09. The Hall–Kier alpha value is -1.27. The van der Waals surface area contributed by atoms with E-state index in [1.54, 1.807) is 0 Å². The van der Waals surface area contributed by atoms with Gasteiger partial charge in [0.25, 0.3) is 5.24 Å². The fourth-order valence-corrected chi connectivity index (χ4v) is 3.77. The fraction of sp³-hybridized carbons (Fsp3) is 0.500. The third-order valence-electron chi connectivity index (χ3n) is 4.29. The van der Waals surface area contributed by atoms with Gasteiger partial charge in [-0.2, -0.15) is 0 Å². The Morgan fingerprint density at radius 1 is 1.18 bits per heavy atom. The van der Waals surface area contributed by atoms with Crippen molar-refractivity contribution in [1.29, 1.82) is 0 Å². The lowest BCUT2D eigenvalue weighted by molar-refractivity contribution is -0.118. The fourth-order valence-electron chi connectivity index (χ4n) is 1.88. The highest BCUT2D eigenvalue weighted by Crippen LogP contribution is 2.37. The molecule has 2 rings (SSSR count). The van der Waals surface area contributed by atoms with Gasteiger partial charge in [-0.25, -0.2) is 0 Å². The van der Waals surface area contributed by atoms with Crippen molar-refractivity contribution in [2.24, 2.45) is 0 Å². The molecular weight excluding hydrogens is 314 g/mol. The SMILES string of the molecule is CC(C)(C)[Si](C)(C)Oc1ccc(CC2SC(=O)NC2=O)cc1. The van der Waals surface area contributed by atoms with Gasteiger partial charge in [-0.3, -0.25) is 14.9 Å². The molecule has 0 saturated carbocycles. The summed E-state index contributed by atoms with van der Waals surface area (Å²) in [5, 5.41) is 1.89. The maximum absolute atomic E-state index is 11.6. The van der Waals surface area contributed by atoms with Crippen LogP contribution in [0.1, 0.15) is 26.3 Å². The monoisotopic (exact) mass is 337 g/mol. The van der Waals surface area contributed by atoms with Crippen molar-refractivity contribution in [1.82, 2.24) is 5.32 Å². The first-order chi connectivity index (χ1) is 10.1. The smallest absolute Gasteiger partial charge is 0.286 e. The van der Waals surface area contributed by atoms with Crippen LogP contribution in [0.15, 0.2) is 24.3 Å². The Bertz CT molecular complexity index is 578. The molecule has 1 N–H and O–H groups in total. The predicted octanol–water partition coefficient (Wildman–Crippen LogP) is 3.96. The lowest BCUT2D eigenvalue weighted by atomic mass is 10.1. The predicted molar refractivity (Wildman–Crippen MR) is 92.9 cm³/mol. The first-order valence-electron chi connectivity index (χ1n) is 7.38. The lowest BCUT2D eigenvalue weighted by Gasteiger charge is -2.36. The van der Waals surface area contributed by atoms with Crippen molar-refractivity contribution in [3.05, 3.63) is 29.8 Å². The molecule has 1 heterocycles. The lowest BCUT2D eigenvalue weighted by Crippen LogP contribution is -2.43. The Labute approximate surface area is 137 Å². The van der Waals surface area contributed by atoms with Crippen LogP contribution in [0.5, 0.6) is 5.75 Å².